The number of rotatable bonds is 9. The molecule has 0 aromatic heterocycles. The van der Waals surface area contributed by atoms with Gasteiger partial charge in [-0.2, -0.15) is 0 Å². The van der Waals surface area contributed by atoms with Gasteiger partial charge in [-0.05, 0) is 62.2 Å². The van der Waals surface area contributed by atoms with Crippen LogP contribution in [0.15, 0.2) is 48.5 Å². The molecule has 2 aromatic rings. The Labute approximate surface area is 190 Å². The van der Waals surface area contributed by atoms with E-state index in [1.165, 1.54) is 0 Å². The Hall–Kier alpha value is -1.66. The summed E-state index contributed by atoms with van der Waals surface area (Å²) in [5.74, 6) is 0.713. The van der Waals surface area contributed by atoms with E-state index >= 15 is 0 Å². The molecule has 0 aliphatic carbocycles. The lowest BCUT2D eigenvalue weighted by atomic mass is 10.0. The van der Waals surface area contributed by atoms with Gasteiger partial charge in [-0.3, -0.25) is 0 Å². The van der Waals surface area contributed by atoms with Crippen molar-refractivity contribution in [2.75, 3.05) is 6.54 Å². The zero-order valence-electron chi connectivity index (χ0n) is 20.6. The van der Waals surface area contributed by atoms with Crippen molar-refractivity contribution >= 4 is 8.32 Å². The average molecular weight is 444 g/mol. The predicted octanol–water partition coefficient (Wildman–Crippen LogP) is 6.21. The summed E-state index contributed by atoms with van der Waals surface area (Å²) in [5, 5.41) is 13.7. The fourth-order valence-electron chi connectivity index (χ4n) is 2.96. The standard InChI is InChI=1S/C26H41NO3Si/c1-25(2,3)27-17-24(30-31(7,8)26(4,5)6)21-14-15-23(22(16-21)18-28)29-19-20-12-10-9-11-13-20/h9-16,24,27-28H,17-19H2,1-8H3/t24-/m1/s1. The minimum atomic E-state index is -1.98. The van der Waals surface area contributed by atoms with Crippen molar-refractivity contribution in [2.24, 2.45) is 0 Å². The minimum Gasteiger partial charge on any atom is -0.489 e. The first-order valence-electron chi connectivity index (χ1n) is 11.2. The third-order valence-corrected chi connectivity index (χ3v) is 10.4. The van der Waals surface area contributed by atoms with Crippen molar-refractivity contribution in [1.82, 2.24) is 5.32 Å². The summed E-state index contributed by atoms with van der Waals surface area (Å²) in [6, 6.07) is 16.1. The molecule has 0 fully saturated rings. The Morgan fingerprint density at radius 1 is 0.968 bits per heavy atom. The summed E-state index contributed by atoms with van der Waals surface area (Å²) in [6.45, 7) is 18.9. The van der Waals surface area contributed by atoms with Crippen LogP contribution in [-0.2, 0) is 17.6 Å². The molecule has 2 rings (SSSR count). The second-order valence-electron chi connectivity index (χ2n) is 10.8. The molecule has 0 amide bonds. The number of ether oxygens (including phenoxy) is 1. The van der Waals surface area contributed by atoms with Crippen molar-refractivity contribution in [2.45, 2.75) is 84.5 Å². The number of aliphatic hydroxyl groups excluding tert-OH is 1. The fraction of sp³-hybridized carbons (Fsp3) is 0.538. The van der Waals surface area contributed by atoms with Crippen molar-refractivity contribution in [3.8, 4) is 5.75 Å². The van der Waals surface area contributed by atoms with Gasteiger partial charge in [0.05, 0.1) is 12.7 Å². The van der Waals surface area contributed by atoms with Crippen LogP contribution in [0.2, 0.25) is 18.1 Å². The van der Waals surface area contributed by atoms with Crippen LogP contribution in [-0.4, -0.2) is 25.5 Å². The number of aliphatic hydroxyl groups is 1. The Kier molecular flexibility index (Phi) is 8.51. The van der Waals surface area contributed by atoms with Crippen molar-refractivity contribution in [1.29, 1.82) is 0 Å². The van der Waals surface area contributed by atoms with Gasteiger partial charge < -0.3 is 19.6 Å². The maximum Gasteiger partial charge on any atom is 0.192 e. The minimum absolute atomic E-state index is 0.00636. The largest absolute Gasteiger partial charge is 0.489 e. The topological polar surface area (TPSA) is 50.7 Å². The van der Waals surface area contributed by atoms with Gasteiger partial charge in [0.15, 0.2) is 8.32 Å². The molecule has 172 valence electrons. The van der Waals surface area contributed by atoms with Crippen LogP contribution in [0.1, 0.15) is 64.3 Å². The molecule has 31 heavy (non-hydrogen) atoms. The van der Waals surface area contributed by atoms with Crippen molar-refractivity contribution in [3.05, 3.63) is 65.2 Å². The van der Waals surface area contributed by atoms with E-state index in [-0.39, 0.29) is 23.3 Å². The molecule has 0 aliphatic rings. The van der Waals surface area contributed by atoms with E-state index in [2.05, 4.69) is 66.0 Å². The summed E-state index contributed by atoms with van der Waals surface area (Å²) in [5.41, 5.74) is 2.95. The Balaban J connectivity index is 2.27. The summed E-state index contributed by atoms with van der Waals surface area (Å²) < 4.78 is 12.8. The summed E-state index contributed by atoms with van der Waals surface area (Å²) >= 11 is 0. The van der Waals surface area contributed by atoms with Gasteiger partial charge in [0.2, 0.25) is 0 Å². The third kappa shape index (κ3) is 7.76. The highest BCUT2D eigenvalue weighted by Gasteiger charge is 2.39. The molecule has 2 aromatic carbocycles. The zero-order chi connectivity index (χ0) is 23.3. The van der Waals surface area contributed by atoms with Gasteiger partial charge in [0.25, 0.3) is 0 Å². The molecular weight excluding hydrogens is 402 g/mol. The van der Waals surface area contributed by atoms with Crippen LogP contribution in [0.5, 0.6) is 5.75 Å². The van der Waals surface area contributed by atoms with E-state index in [1.807, 2.05) is 42.5 Å². The van der Waals surface area contributed by atoms with Gasteiger partial charge in [-0.1, -0.05) is 57.2 Å². The van der Waals surface area contributed by atoms with Crippen LogP contribution in [0.4, 0.5) is 0 Å². The van der Waals surface area contributed by atoms with Crippen LogP contribution < -0.4 is 10.1 Å². The molecular formula is C26H41NO3Si. The van der Waals surface area contributed by atoms with Gasteiger partial charge in [0, 0.05) is 17.6 Å². The normalized spacial score (nSPS) is 13.8. The molecule has 0 bridgehead atoms. The Morgan fingerprint density at radius 2 is 1.61 bits per heavy atom. The first-order valence-corrected chi connectivity index (χ1v) is 14.1. The second kappa shape index (κ2) is 10.3. The molecule has 2 N–H and O–H groups in total. The van der Waals surface area contributed by atoms with Crippen LogP contribution >= 0.6 is 0 Å². The first-order chi connectivity index (χ1) is 14.3. The van der Waals surface area contributed by atoms with E-state index in [0.29, 0.717) is 18.9 Å². The summed E-state index contributed by atoms with van der Waals surface area (Å²) in [4.78, 5) is 0. The lowest BCUT2D eigenvalue weighted by Crippen LogP contribution is -2.45. The Bertz CT molecular complexity index is 823. The average Bonchev–Trinajstić information content (AvgIpc) is 2.68. The lowest BCUT2D eigenvalue weighted by molar-refractivity contribution is 0.168. The molecule has 5 heteroatoms. The van der Waals surface area contributed by atoms with Crippen LogP contribution in [0.3, 0.4) is 0 Å². The van der Waals surface area contributed by atoms with E-state index in [1.54, 1.807) is 0 Å². The summed E-state index contributed by atoms with van der Waals surface area (Å²) in [6.07, 6.45) is -0.0893. The third-order valence-electron chi connectivity index (χ3n) is 5.92. The van der Waals surface area contributed by atoms with E-state index < -0.39 is 8.32 Å². The number of nitrogens with one attached hydrogen (secondary N) is 1. The highest BCUT2D eigenvalue weighted by Crippen LogP contribution is 2.40. The van der Waals surface area contributed by atoms with Crippen LogP contribution in [0.25, 0.3) is 0 Å². The zero-order valence-corrected chi connectivity index (χ0v) is 21.6. The molecule has 0 saturated heterocycles. The maximum absolute atomic E-state index is 10.0. The smallest absolute Gasteiger partial charge is 0.192 e. The molecule has 0 spiro atoms. The highest BCUT2D eigenvalue weighted by molar-refractivity contribution is 6.74. The second-order valence-corrected chi connectivity index (χ2v) is 15.6. The maximum atomic E-state index is 10.0. The molecule has 0 saturated carbocycles. The monoisotopic (exact) mass is 443 g/mol. The predicted molar refractivity (Wildman–Crippen MR) is 132 cm³/mol. The molecule has 4 nitrogen and oxygen atoms in total. The van der Waals surface area contributed by atoms with Gasteiger partial charge >= 0.3 is 0 Å². The highest BCUT2D eigenvalue weighted by atomic mass is 28.4. The number of hydrogen-bond donors (Lipinski definition) is 2. The molecule has 0 radical (unpaired) electrons. The number of hydrogen-bond acceptors (Lipinski definition) is 4. The quantitative estimate of drug-likeness (QED) is 0.452. The Morgan fingerprint density at radius 3 is 2.16 bits per heavy atom. The van der Waals surface area contributed by atoms with E-state index in [0.717, 1.165) is 16.7 Å². The van der Waals surface area contributed by atoms with Crippen molar-refractivity contribution < 1.29 is 14.3 Å². The molecule has 0 aliphatic heterocycles. The molecule has 0 heterocycles. The molecule has 0 unspecified atom stereocenters. The van der Waals surface area contributed by atoms with E-state index in [4.69, 9.17) is 9.16 Å². The number of benzene rings is 2. The van der Waals surface area contributed by atoms with Crippen molar-refractivity contribution in [3.63, 3.8) is 0 Å². The van der Waals surface area contributed by atoms with Gasteiger partial charge in [0.1, 0.15) is 12.4 Å². The SMILES string of the molecule is CC(C)(C)NC[C@@H](O[Si](C)(C)C(C)(C)C)c1ccc(OCc2ccccc2)c(CO)c1. The lowest BCUT2D eigenvalue weighted by Gasteiger charge is -2.40. The summed E-state index contributed by atoms with van der Waals surface area (Å²) in [7, 11) is -1.98. The van der Waals surface area contributed by atoms with Gasteiger partial charge in [-0.25, -0.2) is 0 Å². The molecule has 1 atom stereocenters. The van der Waals surface area contributed by atoms with E-state index in [9.17, 15) is 5.11 Å². The van der Waals surface area contributed by atoms with Gasteiger partial charge in [-0.15, -0.1) is 0 Å². The fourth-order valence-corrected chi connectivity index (χ4v) is 4.24. The first kappa shape index (κ1) is 25.6. The van der Waals surface area contributed by atoms with Crippen LogP contribution in [0, 0.1) is 0 Å².